The summed E-state index contributed by atoms with van der Waals surface area (Å²) in [6.45, 7) is 11.9. The van der Waals surface area contributed by atoms with Gasteiger partial charge in [0.1, 0.15) is 18.9 Å². The van der Waals surface area contributed by atoms with Crippen molar-refractivity contribution in [3.8, 4) is 5.75 Å². The van der Waals surface area contributed by atoms with Crippen LogP contribution >= 0.6 is 11.3 Å². The smallest absolute Gasteiger partial charge is 0.137 e. The Morgan fingerprint density at radius 1 is 1.14 bits per heavy atom. The fourth-order valence-corrected chi connectivity index (χ4v) is 4.57. The maximum Gasteiger partial charge on any atom is 0.137 e. The fourth-order valence-electron chi connectivity index (χ4n) is 3.67. The second-order valence-electron chi connectivity index (χ2n) is 6.48. The van der Waals surface area contributed by atoms with E-state index in [-0.39, 0.29) is 0 Å². The molecule has 3 aliphatic rings. The highest BCUT2D eigenvalue weighted by Crippen LogP contribution is 2.28. The van der Waals surface area contributed by atoms with Crippen molar-refractivity contribution in [2.45, 2.75) is 6.92 Å². The Labute approximate surface area is 130 Å². The standard InChI is InChI=1S/C17H23N2OS/c1-14-12-15-13-16(2-3-17(15)21-14)20-11-10-19-7-4-18(5-8-19)6-9-19/h2-3,12-13H,4-11H2,1H3/q+1. The molecule has 2 bridgehead atoms. The van der Waals surface area contributed by atoms with Crippen LogP contribution in [0.3, 0.4) is 0 Å². The van der Waals surface area contributed by atoms with E-state index in [2.05, 4.69) is 36.1 Å². The molecular formula is C17H23N2OS+. The summed E-state index contributed by atoms with van der Waals surface area (Å²) in [6, 6.07) is 8.74. The van der Waals surface area contributed by atoms with Crippen LogP contribution < -0.4 is 4.74 Å². The van der Waals surface area contributed by atoms with E-state index in [1.165, 1.54) is 58.7 Å². The minimum atomic E-state index is 0.842. The Morgan fingerprint density at radius 2 is 1.90 bits per heavy atom. The number of hydrogen-bond acceptors (Lipinski definition) is 3. The van der Waals surface area contributed by atoms with Gasteiger partial charge in [-0.2, -0.15) is 0 Å². The summed E-state index contributed by atoms with van der Waals surface area (Å²) < 4.78 is 8.68. The third kappa shape index (κ3) is 2.68. The molecule has 0 radical (unpaired) electrons. The van der Waals surface area contributed by atoms with Gasteiger partial charge in [0, 0.05) is 29.2 Å². The van der Waals surface area contributed by atoms with Crippen LogP contribution in [-0.4, -0.2) is 61.8 Å². The molecule has 3 saturated heterocycles. The number of ether oxygens (including phenoxy) is 1. The Morgan fingerprint density at radius 3 is 2.67 bits per heavy atom. The molecule has 3 aliphatic heterocycles. The van der Waals surface area contributed by atoms with Crippen LogP contribution in [0.1, 0.15) is 4.88 Å². The number of fused-ring (bicyclic) bond motifs is 4. The lowest BCUT2D eigenvalue weighted by molar-refractivity contribution is -0.940. The molecule has 0 amide bonds. The third-order valence-corrected chi connectivity index (χ3v) is 6.15. The number of piperazine rings is 3. The van der Waals surface area contributed by atoms with Crippen LogP contribution in [0.15, 0.2) is 24.3 Å². The zero-order valence-corrected chi connectivity index (χ0v) is 13.5. The molecule has 0 spiro atoms. The largest absolute Gasteiger partial charge is 0.488 e. The quantitative estimate of drug-likeness (QED) is 0.805. The predicted octanol–water partition coefficient (Wildman–Crippen LogP) is 2.73. The number of thiophene rings is 1. The predicted molar refractivity (Wildman–Crippen MR) is 88.2 cm³/mol. The van der Waals surface area contributed by atoms with E-state index < -0.39 is 0 Å². The van der Waals surface area contributed by atoms with E-state index in [9.17, 15) is 0 Å². The molecule has 2 aromatic rings. The van der Waals surface area contributed by atoms with Gasteiger partial charge in [0.25, 0.3) is 0 Å². The minimum Gasteiger partial charge on any atom is -0.488 e. The molecule has 0 N–H and O–H groups in total. The highest BCUT2D eigenvalue weighted by atomic mass is 32.1. The minimum absolute atomic E-state index is 0.842. The molecule has 1 aromatic carbocycles. The van der Waals surface area contributed by atoms with Gasteiger partial charge >= 0.3 is 0 Å². The number of nitrogens with zero attached hydrogens (tertiary/aromatic N) is 2. The summed E-state index contributed by atoms with van der Waals surface area (Å²) in [7, 11) is 0. The van der Waals surface area contributed by atoms with Crippen LogP contribution in [0.2, 0.25) is 0 Å². The van der Waals surface area contributed by atoms with Crippen molar-refractivity contribution in [2.24, 2.45) is 0 Å². The van der Waals surface area contributed by atoms with Crippen molar-refractivity contribution in [3.05, 3.63) is 29.1 Å². The van der Waals surface area contributed by atoms with Crippen LogP contribution in [-0.2, 0) is 0 Å². The first-order valence-corrected chi connectivity index (χ1v) is 8.75. The topological polar surface area (TPSA) is 12.5 Å². The summed E-state index contributed by atoms with van der Waals surface area (Å²) in [5.74, 6) is 1.02. The maximum atomic E-state index is 6.05. The third-order valence-electron chi connectivity index (χ3n) is 5.12. The van der Waals surface area contributed by atoms with Gasteiger partial charge < -0.3 is 9.22 Å². The molecule has 112 valence electrons. The average Bonchev–Trinajstić information content (AvgIpc) is 2.88. The zero-order chi connectivity index (χ0) is 14.3. The van der Waals surface area contributed by atoms with Gasteiger partial charge in [-0.25, -0.2) is 0 Å². The maximum absolute atomic E-state index is 6.05. The van der Waals surface area contributed by atoms with Crippen molar-refractivity contribution >= 4 is 21.4 Å². The van der Waals surface area contributed by atoms with Gasteiger partial charge in [-0.3, -0.25) is 4.90 Å². The van der Waals surface area contributed by atoms with E-state index in [1.54, 1.807) is 0 Å². The van der Waals surface area contributed by atoms with Crippen LogP contribution in [0, 0.1) is 6.92 Å². The van der Waals surface area contributed by atoms with E-state index in [1.807, 2.05) is 11.3 Å². The molecule has 4 heteroatoms. The number of rotatable bonds is 4. The van der Waals surface area contributed by atoms with E-state index in [0.717, 1.165) is 18.9 Å². The number of quaternary nitrogens is 1. The van der Waals surface area contributed by atoms with Crippen molar-refractivity contribution < 1.29 is 9.22 Å². The van der Waals surface area contributed by atoms with Gasteiger partial charge in [0.2, 0.25) is 0 Å². The first kappa shape index (κ1) is 13.6. The Bertz CT molecular complexity index is 630. The van der Waals surface area contributed by atoms with Gasteiger partial charge in [-0.05, 0) is 36.6 Å². The molecule has 0 unspecified atom stereocenters. The first-order chi connectivity index (χ1) is 10.2. The van der Waals surface area contributed by atoms with Crippen molar-refractivity contribution in [3.63, 3.8) is 0 Å². The fraction of sp³-hybridized carbons (Fsp3) is 0.529. The Hall–Kier alpha value is -1.10. The number of aryl methyl sites for hydroxylation is 1. The second-order valence-corrected chi connectivity index (χ2v) is 7.77. The average molecular weight is 303 g/mol. The number of hydrogen-bond donors (Lipinski definition) is 0. The molecule has 5 rings (SSSR count). The molecule has 3 nitrogen and oxygen atoms in total. The lowest BCUT2D eigenvalue weighted by Gasteiger charge is -2.50. The zero-order valence-electron chi connectivity index (χ0n) is 12.7. The van der Waals surface area contributed by atoms with Crippen molar-refractivity contribution in [1.82, 2.24) is 4.90 Å². The van der Waals surface area contributed by atoms with E-state index >= 15 is 0 Å². The number of benzene rings is 1. The molecule has 1 aromatic heterocycles. The van der Waals surface area contributed by atoms with Crippen molar-refractivity contribution in [1.29, 1.82) is 0 Å². The highest BCUT2D eigenvalue weighted by molar-refractivity contribution is 7.19. The molecule has 3 fully saturated rings. The van der Waals surface area contributed by atoms with Gasteiger partial charge in [0.05, 0.1) is 19.6 Å². The van der Waals surface area contributed by atoms with E-state index in [4.69, 9.17) is 4.74 Å². The van der Waals surface area contributed by atoms with E-state index in [0.29, 0.717) is 0 Å². The lowest BCUT2D eigenvalue weighted by atomic mass is 10.1. The molecule has 4 heterocycles. The van der Waals surface area contributed by atoms with Gasteiger partial charge in [0.15, 0.2) is 0 Å². The molecule has 0 atom stereocenters. The monoisotopic (exact) mass is 303 g/mol. The SMILES string of the molecule is Cc1cc2cc(OCC[N+]34CCN(CC3)CC4)ccc2s1. The summed E-state index contributed by atoms with van der Waals surface area (Å²) in [6.07, 6.45) is 0. The van der Waals surface area contributed by atoms with Crippen LogP contribution in [0.25, 0.3) is 10.1 Å². The molecule has 21 heavy (non-hydrogen) atoms. The lowest BCUT2D eigenvalue weighted by Crippen LogP contribution is -2.68. The Kier molecular flexibility index (Phi) is 3.40. The highest BCUT2D eigenvalue weighted by Gasteiger charge is 2.37. The normalized spacial score (nSPS) is 28.1. The summed E-state index contributed by atoms with van der Waals surface area (Å²) in [5, 5.41) is 1.31. The van der Waals surface area contributed by atoms with Crippen molar-refractivity contribution in [2.75, 3.05) is 52.4 Å². The van der Waals surface area contributed by atoms with Gasteiger partial charge in [-0.1, -0.05) is 0 Å². The molecule has 0 saturated carbocycles. The molecular weight excluding hydrogens is 280 g/mol. The summed E-state index contributed by atoms with van der Waals surface area (Å²) >= 11 is 1.85. The second kappa shape index (κ2) is 5.27. The van der Waals surface area contributed by atoms with Crippen LogP contribution in [0.4, 0.5) is 0 Å². The summed E-state index contributed by atoms with van der Waals surface area (Å²) in [5.41, 5.74) is 0. The Balaban J connectivity index is 1.39. The summed E-state index contributed by atoms with van der Waals surface area (Å²) in [4.78, 5) is 3.96. The van der Waals surface area contributed by atoms with Gasteiger partial charge in [-0.15, -0.1) is 11.3 Å². The van der Waals surface area contributed by atoms with Crippen LogP contribution in [0.5, 0.6) is 5.75 Å². The molecule has 0 aliphatic carbocycles. The first-order valence-electron chi connectivity index (χ1n) is 7.93.